The van der Waals surface area contributed by atoms with Crippen LogP contribution in [0.25, 0.3) is 0 Å². The molecule has 0 fully saturated rings. The molecule has 0 unspecified atom stereocenters. The van der Waals surface area contributed by atoms with Crippen molar-refractivity contribution in [3.8, 4) is 0 Å². The number of rotatable bonds is 4. The van der Waals surface area contributed by atoms with E-state index in [9.17, 15) is 0 Å². The fourth-order valence-electron chi connectivity index (χ4n) is 1.40. The molecule has 1 rings (SSSR count). The molecule has 2 radical (unpaired) electrons. The molecule has 3 nitrogen and oxygen atoms in total. The summed E-state index contributed by atoms with van der Waals surface area (Å²) >= 11 is 5.72. The third kappa shape index (κ3) is 4.12. The van der Waals surface area contributed by atoms with Crippen LogP contribution < -0.4 is 0 Å². The Balaban J connectivity index is 2.84. The molecule has 5 heteroatoms. The number of aromatic nitrogens is 1. The monoisotopic (exact) mass is 273 g/mol. The Bertz CT molecular complexity index is 382. The average molecular weight is 274 g/mol. The van der Waals surface area contributed by atoms with Crippen molar-refractivity contribution in [2.24, 2.45) is 0 Å². The van der Waals surface area contributed by atoms with Gasteiger partial charge < -0.3 is 8.84 Å². The van der Waals surface area contributed by atoms with Gasteiger partial charge >= 0.3 is 0 Å². The number of aryl methyl sites for hydroxylation is 1. The summed E-state index contributed by atoms with van der Waals surface area (Å²) in [5.41, 5.74) is 0.386. The van der Waals surface area contributed by atoms with Crippen molar-refractivity contribution in [1.29, 1.82) is 0 Å². The Morgan fingerprint density at radius 3 is 2.29 bits per heavy atom. The quantitative estimate of drug-likeness (QED) is 0.618. The minimum absolute atomic E-state index is 0.153. The number of alkyl halides is 1. The maximum Gasteiger partial charge on any atom is 0.237 e. The maximum atomic E-state index is 5.97. The molecule has 0 saturated heterocycles. The first-order chi connectivity index (χ1) is 7.65. The number of oxazole rings is 1. The van der Waals surface area contributed by atoms with Crippen LogP contribution in [0.3, 0.4) is 0 Å². The molecule has 0 bridgehead atoms. The first-order valence-electron chi connectivity index (χ1n) is 5.63. The van der Waals surface area contributed by atoms with Crippen LogP contribution in [-0.4, -0.2) is 14.7 Å². The van der Waals surface area contributed by atoms with Crippen molar-refractivity contribution in [3.63, 3.8) is 0 Å². The molecular weight excluding hydrogens is 254 g/mol. The zero-order valence-corrected chi connectivity index (χ0v) is 13.1. The van der Waals surface area contributed by atoms with Crippen LogP contribution in [0.2, 0.25) is 5.04 Å². The van der Waals surface area contributed by atoms with Crippen LogP contribution in [0.5, 0.6) is 0 Å². The first kappa shape index (κ1) is 14.7. The summed E-state index contributed by atoms with van der Waals surface area (Å²) in [6.07, 6.45) is 0. The molecule has 96 valence electrons. The van der Waals surface area contributed by atoms with Gasteiger partial charge in [-0.25, -0.2) is 4.98 Å². The van der Waals surface area contributed by atoms with E-state index in [-0.39, 0.29) is 5.04 Å². The lowest BCUT2D eigenvalue weighted by atomic mass is 10.1. The van der Waals surface area contributed by atoms with Gasteiger partial charge in [0.2, 0.25) is 15.7 Å². The highest BCUT2D eigenvalue weighted by Gasteiger charge is 2.31. The second-order valence-electron chi connectivity index (χ2n) is 5.62. The van der Waals surface area contributed by atoms with E-state index in [1.807, 2.05) is 20.8 Å². The SMILES string of the molecule is Cc1nc(CCl)oc1C(C)(C)O[Si]C(C)(C)C. The molecule has 1 heterocycles. The molecule has 0 N–H and O–H groups in total. The molecule has 0 atom stereocenters. The lowest BCUT2D eigenvalue weighted by Gasteiger charge is -2.27. The largest absolute Gasteiger partial charge is 0.441 e. The van der Waals surface area contributed by atoms with E-state index in [4.69, 9.17) is 20.4 Å². The predicted octanol–water partition coefficient (Wildman–Crippen LogP) is 3.81. The fourth-order valence-corrected chi connectivity index (χ4v) is 2.16. The van der Waals surface area contributed by atoms with E-state index < -0.39 is 5.60 Å². The molecule has 0 amide bonds. The van der Waals surface area contributed by atoms with Crippen molar-refractivity contribution in [2.75, 3.05) is 0 Å². The van der Waals surface area contributed by atoms with E-state index >= 15 is 0 Å². The Hall–Kier alpha value is -0.323. The molecule has 0 spiro atoms. The van der Waals surface area contributed by atoms with Crippen LogP contribution in [0.4, 0.5) is 0 Å². The molecule has 0 saturated carbocycles. The highest BCUT2D eigenvalue weighted by molar-refractivity contribution is 6.31. The van der Waals surface area contributed by atoms with Gasteiger partial charge in [0.05, 0.1) is 11.6 Å². The van der Waals surface area contributed by atoms with E-state index in [0.29, 0.717) is 21.5 Å². The minimum Gasteiger partial charge on any atom is -0.441 e. The van der Waals surface area contributed by atoms with Crippen molar-refractivity contribution in [1.82, 2.24) is 4.98 Å². The molecule has 1 aromatic rings. The number of hydrogen-bond donors (Lipinski definition) is 0. The predicted molar refractivity (Wildman–Crippen MR) is 70.4 cm³/mol. The molecule has 17 heavy (non-hydrogen) atoms. The Morgan fingerprint density at radius 2 is 1.88 bits per heavy atom. The molecule has 0 aromatic carbocycles. The summed E-state index contributed by atoms with van der Waals surface area (Å²) in [6, 6.07) is 0. The Kier molecular flexibility index (Phi) is 4.44. The minimum atomic E-state index is -0.465. The van der Waals surface area contributed by atoms with E-state index in [1.54, 1.807) is 0 Å². The van der Waals surface area contributed by atoms with Gasteiger partial charge in [0.15, 0.2) is 5.76 Å². The van der Waals surface area contributed by atoms with Crippen LogP contribution >= 0.6 is 11.6 Å². The van der Waals surface area contributed by atoms with E-state index in [1.165, 1.54) is 0 Å². The topological polar surface area (TPSA) is 35.3 Å². The number of hydrogen-bond acceptors (Lipinski definition) is 3. The van der Waals surface area contributed by atoms with Crippen LogP contribution in [0.15, 0.2) is 4.42 Å². The zero-order valence-electron chi connectivity index (χ0n) is 11.3. The van der Waals surface area contributed by atoms with Crippen LogP contribution in [0, 0.1) is 6.92 Å². The summed E-state index contributed by atoms with van der Waals surface area (Å²) in [4.78, 5) is 4.26. The van der Waals surface area contributed by atoms with Crippen LogP contribution in [-0.2, 0) is 15.9 Å². The average Bonchev–Trinajstić information content (AvgIpc) is 2.57. The van der Waals surface area contributed by atoms with Gasteiger partial charge in [-0.15, -0.1) is 11.6 Å². The van der Waals surface area contributed by atoms with Gasteiger partial charge in [-0.3, -0.25) is 0 Å². The summed E-state index contributed by atoms with van der Waals surface area (Å²) in [5.74, 6) is 1.61. The van der Waals surface area contributed by atoms with Crippen LogP contribution in [0.1, 0.15) is 52.0 Å². The second kappa shape index (κ2) is 5.12. The molecule has 1 aromatic heterocycles. The van der Waals surface area contributed by atoms with Gasteiger partial charge in [0.1, 0.15) is 5.60 Å². The first-order valence-corrected chi connectivity index (χ1v) is 7.08. The Morgan fingerprint density at radius 1 is 1.29 bits per heavy atom. The smallest absolute Gasteiger partial charge is 0.237 e. The zero-order chi connectivity index (χ0) is 13.3. The Labute approximate surface area is 111 Å². The van der Waals surface area contributed by atoms with Gasteiger partial charge in [-0.1, -0.05) is 20.8 Å². The van der Waals surface area contributed by atoms with Crippen molar-refractivity contribution < 1.29 is 8.84 Å². The summed E-state index contributed by atoms with van der Waals surface area (Å²) < 4.78 is 11.6. The second-order valence-corrected chi connectivity index (χ2v) is 7.80. The third-order valence-electron chi connectivity index (χ3n) is 2.11. The molecule has 0 aliphatic carbocycles. The van der Waals surface area contributed by atoms with Gasteiger partial charge in [-0.2, -0.15) is 0 Å². The fraction of sp³-hybridized carbons (Fsp3) is 0.750. The highest BCUT2D eigenvalue weighted by atomic mass is 35.5. The normalized spacial score (nSPS) is 13.1. The van der Waals surface area contributed by atoms with Crippen molar-refractivity contribution in [2.45, 2.75) is 58.1 Å². The van der Waals surface area contributed by atoms with Gasteiger partial charge in [0, 0.05) is 0 Å². The van der Waals surface area contributed by atoms with E-state index in [0.717, 1.165) is 11.5 Å². The number of halogens is 1. The van der Waals surface area contributed by atoms with Gasteiger partial charge in [-0.05, 0) is 25.8 Å². The molecule has 0 aliphatic rings. The lowest BCUT2D eigenvalue weighted by molar-refractivity contribution is 0.0808. The summed E-state index contributed by atoms with van der Waals surface area (Å²) in [5, 5.41) is 0.153. The third-order valence-corrected chi connectivity index (χ3v) is 3.57. The molecular formula is C12H20ClNO2Si. The van der Waals surface area contributed by atoms with Crippen molar-refractivity contribution in [3.05, 3.63) is 17.3 Å². The maximum absolute atomic E-state index is 5.97. The van der Waals surface area contributed by atoms with Gasteiger partial charge in [0.25, 0.3) is 0 Å². The highest BCUT2D eigenvalue weighted by Crippen LogP contribution is 2.31. The van der Waals surface area contributed by atoms with E-state index in [2.05, 4.69) is 25.8 Å². The summed E-state index contributed by atoms with van der Waals surface area (Å²) in [6.45, 7) is 12.4. The lowest BCUT2D eigenvalue weighted by Crippen LogP contribution is -2.27. The molecule has 0 aliphatic heterocycles. The number of nitrogens with zero attached hydrogens (tertiary/aromatic N) is 1. The standard InChI is InChI=1S/C12H20ClNO2Si/c1-8-10(15-9(7-13)14-8)12(5,6)16-17-11(2,3)4/h7H2,1-6H3. The summed E-state index contributed by atoms with van der Waals surface area (Å²) in [7, 11) is 0.404. The van der Waals surface area contributed by atoms with Crippen molar-refractivity contribution >= 4 is 21.4 Å².